The lowest BCUT2D eigenvalue weighted by molar-refractivity contribution is 0.482. The molecule has 0 saturated carbocycles. The number of ether oxygens (including phenoxy) is 1. The molecule has 1 saturated heterocycles. The number of hydrogen-bond donors (Lipinski definition) is 0. The van der Waals surface area contributed by atoms with Crippen molar-refractivity contribution in [3.8, 4) is 17.6 Å². The van der Waals surface area contributed by atoms with Crippen molar-refractivity contribution in [2.45, 2.75) is 26.7 Å². The number of nitrogens with zero attached hydrogens (tertiary/aromatic N) is 2. The summed E-state index contributed by atoms with van der Waals surface area (Å²) in [4.78, 5) is 2.32. The SMILES string of the molecule is CCc1cccc(Oc2ccccc2)c1.C[C@@H]1CCN(c2ccc(C#N)c(Cl)c2)C1. The van der Waals surface area contributed by atoms with Crippen molar-refractivity contribution in [2.75, 3.05) is 18.0 Å². The van der Waals surface area contributed by atoms with Crippen LogP contribution in [0.5, 0.6) is 11.5 Å². The Hall–Kier alpha value is -2.96. The molecule has 0 aromatic heterocycles. The van der Waals surface area contributed by atoms with Crippen LogP contribution in [-0.2, 0) is 6.42 Å². The van der Waals surface area contributed by atoms with Crippen LogP contribution in [0.4, 0.5) is 5.69 Å². The molecular weight excluding hydrogens is 392 g/mol. The summed E-state index contributed by atoms with van der Waals surface area (Å²) in [6.07, 6.45) is 2.27. The third-order valence-corrected chi connectivity index (χ3v) is 5.46. The van der Waals surface area contributed by atoms with Crippen LogP contribution in [0, 0.1) is 17.2 Å². The fourth-order valence-corrected chi connectivity index (χ4v) is 3.63. The summed E-state index contributed by atoms with van der Waals surface area (Å²) in [6.45, 7) is 6.57. The largest absolute Gasteiger partial charge is 0.457 e. The maximum Gasteiger partial charge on any atom is 0.127 e. The van der Waals surface area contributed by atoms with Crippen LogP contribution in [-0.4, -0.2) is 13.1 Å². The summed E-state index contributed by atoms with van der Waals surface area (Å²) in [6, 6.07) is 25.8. The molecule has 1 aliphatic rings. The lowest BCUT2D eigenvalue weighted by Gasteiger charge is -2.18. The lowest BCUT2D eigenvalue weighted by Crippen LogP contribution is -2.18. The number of hydrogen-bond acceptors (Lipinski definition) is 3. The van der Waals surface area contributed by atoms with Gasteiger partial charge < -0.3 is 9.64 Å². The number of nitriles is 1. The third kappa shape index (κ3) is 6.02. The predicted octanol–water partition coefficient (Wildman–Crippen LogP) is 7.10. The Balaban J connectivity index is 0.000000171. The van der Waals surface area contributed by atoms with E-state index in [-0.39, 0.29) is 0 Å². The fraction of sp³-hybridized carbons (Fsp3) is 0.269. The van der Waals surface area contributed by atoms with E-state index in [4.69, 9.17) is 21.6 Å². The van der Waals surface area contributed by atoms with Gasteiger partial charge in [-0.1, -0.05) is 55.8 Å². The van der Waals surface area contributed by atoms with E-state index in [9.17, 15) is 0 Å². The molecule has 1 heterocycles. The smallest absolute Gasteiger partial charge is 0.127 e. The van der Waals surface area contributed by atoms with Crippen molar-refractivity contribution in [3.63, 3.8) is 0 Å². The van der Waals surface area contributed by atoms with E-state index in [0.717, 1.165) is 42.6 Å². The Bertz CT molecular complexity index is 997. The highest BCUT2D eigenvalue weighted by atomic mass is 35.5. The summed E-state index contributed by atoms with van der Waals surface area (Å²) < 4.78 is 5.72. The molecule has 3 nitrogen and oxygen atoms in total. The normalized spacial score (nSPS) is 15.1. The van der Waals surface area contributed by atoms with Crippen LogP contribution in [0.15, 0.2) is 72.8 Å². The predicted molar refractivity (Wildman–Crippen MR) is 124 cm³/mol. The van der Waals surface area contributed by atoms with Gasteiger partial charge >= 0.3 is 0 Å². The second-order valence-electron chi connectivity index (χ2n) is 7.53. The second-order valence-corrected chi connectivity index (χ2v) is 7.94. The van der Waals surface area contributed by atoms with Gasteiger partial charge in [-0.2, -0.15) is 5.26 Å². The average molecular weight is 419 g/mol. The van der Waals surface area contributed by atoms with Crippen molar-refractivity contribution in [3.05, 3.63) is 88.9 Å². The molecule has 0 unspecified atom stereocenters. The number of aryl methyl sites for hydroxylation is 1. The summed E-state index contributed by atoms with van der Waals surface area (Å²) in [7, 11) is 0. The molecule has 0 radical (unpaired) electrons. The minimum atomic E-state index is 0.549. The van der Waals surface area contributed by atoms with Gasteiger partial charge in [-0.25, -0.2) is 0 Å². The third-order valence-electron chi connectivity index (χ3n) is 5.15. The zero-order valence-electron chi connectivity index (χ0n) is 17.5. The van der Waals surface area contributed by atoms with E-state index < -0.39 is 0 Å². The maximum absolute atomic E-state index is 8.77. The first-order chi connectivity index (χ1) is 14.6. The number of anilines is 1. The quantitative estimate of drug-likeness (QED) is 0.453. The average Bonchev–Trinajstić information content (AvgIpc) is 3.21. The number of benzene rings is 3. The van der Waals surface area contributed by atoms with Gasteiger partial charge in [0.2, 0.25) is 0 Å². The molecule has 3 aromatic rings. The zero-order chi connectivity index (χ0) is 21.3. The van der Waals surface area contributed by atoms with E-state index in [2.05, 4.69) is 36.9 Å². The van der Waals surface area contributed by atoms with Gasteiger partial charge in [0.05, 0.1) is 10.6 Å². The van der Waals surface area contributed by atoms with Gasteiger partial charge in [0, 0.05) is 18.8 Å². The zero-order valence-corrected chi connectivity index (χ0v) is 18.3. The first-order valence-electron chi connectivity index (χ1n) is 10.4. The minimum Gasteiger partial charge on any atom is -0.457 e. The van der Waals surface area contributed by atoms with E-state index in [1.165, 1.54) is 12.0 Å². The topological polar surface area (TPSA) is 36.3 Å². The summed E-state index contributed by atoms with van der Waals surface area (Å²) >= 11 is 6.00. The maximum atomic E-state index is 8.77. The first-order valence-corrected chi connectivity index (χ1v) is 10.7. The van der Waals surface area contributed by atoms with Crippen molar-refractivity contribution >= 4 is 17.3 Å². The molecule has 1 fully saturated rings. The van der Waals surface area contributed by atoms with E-state index in [1.807, 2.05) is 54.6 Å². The molecule has 0 aliphatic carbocycles. The Labute approximate surface area is 184 Å². The van der Waals surface area contributed by atoms with Crippen molar-refractivity contribution in [1.82, 2.24) is 0 Å². The highest BCUT2D eigenvalue weighted by Gasteiger charge is 2.19. The van der Waals surface area contributed by atoms with Crippen molar-refractivity contribution in [2.24, 2.45) is 5.92 Å². The van der Waals surface area contributed by atoms with E-state index in [0.29, 0.717) is 10.6 Å². The molecule has 30 heavy (non-hydrogen) atoms. The van der Waals surface area contributed by atoms with Crippen LogP contribution in [0.2, 0.25) is 5.02 Å². The van der Waals surface area contributed by atoms with E-state index in [1.54, 1.807) is 6.07 Å². The van der Waals surface area contributed by atoms with E-state index >= 15 is 0 Å². The van der Waals surface area contributed by atoms with Gasteiger partial charge in [-0.05, 0) is 66.8 Å². The van der Waals surface area contributed by atoms with Crippen molar-refractivity contribution in [1.29, 1.82) is 5.26 Å². The first kappa shape index (κ1) is 21.7. The molecule has 0 spiro atoms. The molecular formula is C26H27ClN2O. The summed E-state index contributed by atoms with van der Waals surface area (Å²) in [5, 5.41) is 9.32. The summed E-state index contributed by atoms with van der Waals surface area (Å²) in [5.41, 5.74) is 2.97. The number of para-hydroxylation sites is 1. The van der Waals surface area contributed by atoms with Gasteiger partial charge in [-0.3, -0.25) is 0 Å². The van der Waals surface area contributed by atoms with Crippen LogP contribution in [0.25, 0.3) is 0 Å². The van der Waals surface area contributed by atoms with Crippen LogP contribution in [0.3, 0.4) is 0 Å². The Morgan fingerprint density at radius 3 is 2.43 bits per heavy atom. The molecule has 4 heteroatoms. The highest BCUT2D eigenvalue weighted by Crippen LogP contribution is 2.27. The standard InChI is InChI=1S/C14H14O.C12H13ClN2/c1-2-12-7-6-10-14(11-12)15-13-8-4-3-5-9-13;1-9-4-5-15(8-9)11-3-2-10(7-14)12(13)6-11/h3-11H,2H2,1H3;2-3,6,9H,4-5,8H2,1H3/t;9-/m.1/s1. The van der Waals surface area contributed by atoms with Crippen LogP contribution >= 0.6 is 11.6 Å². The molecule has 0 bridgehead atoms. The minimum absolute atomic E-state index is 0.549. The molecule has 0 amide bonds. The lowest BCUT2D eigenvalue weighted by atomic mass is 10.2. The number of rotatable bonds is 4. The van der Waals surface area contributed by atoms with Crippen molar-refractivity contribution < 1.29 is 4.74 Å². The van der Waals surface area contributed by atoms with Gasteiger partial charge in [0.15, 0.2) is 0 Å². The number of halogens is 1. The van der Waals surface area contributed by atoms with Crippen LogP contribution < -0.4 is 9.64 Å². The Morgan fingerprint density at radius 2 is 1.80 bits per heavy atom. The molecule has 4 rings (SSSR count). The molecule has 0 N–H and O–H groups in total. The molecule has 1 atom stereocenters. The molecule has 154 valence electrons. The Morgan fingerprint density at radius 1 is 1.03 bits per heavy atom. The fourth-order valence-electron chi connectivity index (χ4n) is 3.41. The van der Waals surface area contributed by atoms with Gasteiger partial charge in [0.25, 0.3) is 0 Å². The second kappa shape index (κ2) is 10.7. The van der Waals surface area contributed by atoms with Gasteiger partial charge in [-0.15, -0.1) is 0 Å². The molecule has 3 aromatic carbocycles. The Kier molecular flexibility index (Phi) is 7.76. The highest BCUT2D eigenvalue weighted by molar-refractivity contribution is 6.32. The van der Waals surface area contributed by atoms with Crippen LogP contribution in [0.1, 0.15) is 31.4 Å². The monoisotopic (exact) mass is 418 g/mol. The van der Waals surface area contributed by atoms with Gasteiger partial charge in [0.1, 0.15) is 17.6 Å². The summed E-state index contributed by atoms with van der Waals surface area (Å²) in [5.74, 6) is 2.53. The molecule has 1 aliphatic heterocycles.